The highest BCUT2D eigenvalue weighted by Crippen LogP contribution is 2.20. The first-order valence-corrected chi connectivity index (χ1v) is 6.32. The van der Waals surface area contributed by atoms with Crippen molar-refractivity contribution in [2.75, 3.05) is 26.9 Å². The zero-order chi connectivity index (χ0) is 11.3. The highest BCUT2D eigenvalue weighted by atomic mass is 32.2. The summed E-state index contributed by atoms with van der Waals surface area (Å²) in [7, 11) is 4.03. The van der Waals surface area contributed by atoms with Crippen LogP contribution in [0.3, 0.4) is 0 Å². The van der Waals surface area contributed by atoms with E-state index in [0.29, 0.717) is 0 Å². The molecule has 84 valence electrons. The Morgan fingerprint density at radius 2 is 1.87 bits per heavy atom. The minimum absolute atomic E-state index is 0.344. The Morgan fingerprint density at radius 3 is 2.33 bits per heavy atom. The second kappa shape index (κ2) is 6.16. The molecule has 1 N–H and O–H groups in total. The number of nitrogens with zero attached hydrogens (tertiary/aromatic N) is 1. The van der Waals surface area contributed by atoms with Gasteiger partial charge in [-0.05, 0) is 44.5 Å². The Labute approximate surface area is 96.3 Å². The lowest BCUT2D eigenvalue weighted by molar-refractivity contribution is 0.154. The van der Waals surface area contributed by atoms with Crippen molar-refractivity contribution in [3.63, 3.8) is 0 Å². The van der Waals surface area contributed by atoms with Gasteiger partial charge in [-0.15, -0.1) is 11.8 Å². The molecule has 0 saturated carbocycles. The summed E-state index contributed by atoms with van der Waals surface area (Å²) in [6.45, 7) is 0.908. The van der Waals surface area contributed by atoms with Gasteiger partial charge < -0.3 is 10.0 Å². The quantitative estimate of drug-likeness (QED) is 0.778. The zero-order valence-corrected chi connectivity index (χ0v) is 10.4. The van der Waals surface area contributed by atoms with Gasteiger partial charge in [0.2, 0.25) is 0 Å². The van der Waals surface area contributed by atoms with Gasteiger partial charge in [-0.1, -0.05) is 12.1 Å². The summed E-state index contributed by atoms with van der Waals surface area (Å²) < 4.78 is 0. The van der Waals surface area contributed by atoms with E-state index in [4.69, 9.17) is 0 Å². The molecule has 0 radical (unpaired) electrons. The number of aliphatic hydroxyl groups is 1. The Hall–Kier alpha value is -0.510. The molecule has 0 amide bonds. The van der Waals surface area contributed by atoms with E-state index in [2.05, 4.69) is 23.3 Å². The maximum atomic E-state index is 9.90. The summed E-state index contributed by atoms with van der Waals surface area (Å²) >= 11 is 1.72. The van der Waals surface area contributed by atoms with E-state index < -0.39 is 0 Å². The average Bonchev–Trinajstić information content (AvgIpc) is 2.26. The fourth-order valence-electron chi connectivity index (χ4n) is 1.37. The summed E-state index contributed by atoms with van der Waals surface area (Å²) in [4.78, 5) is 3.32. The number of aliphatic hydroxyl groups excluding tert-OH is 1. The van der Waals surface area contributed by atoms with Crippen molar-refractivity contribution >= 4 is 11.8 Å². The molecule has 1 unspecified atom stereocenters. The fourth-order valence-corrected chi connectivity index (χ4v) is 1.78. The molecular formula is C12H19NOS. The summed E-state index contributed by atoms with van der Waals surface area (Å²) in [5.41, 5.74) is 1.01. The molecule has 2 nitrogen and oxygen atoms in total. The van der Waals surface area contributed by atoms with Crippen LogP contribution in [0.2, 0.25) is 0 Å². The lowest BCUT2D eigenvalue weighted by Gasteiger charge is -2.14. The van der Waals surface area contributed by atoms with Crippen molar-refractivity contribution in [2.24, 2.45) is 0 Å². The topological polar surface area (TPSA) is 23.5 Å². The van der Waals surface area contributed by atoms with Crippen molar-refractivity contribution in [1.82, 2.24) is 4.90 Å². The molecule has 0 fully saturated rings. The summed E-state index contributed by atoms with van der Waals surface area (Å²) in [5.74, 6) is 0. The maximum Gasteiger partial charge on any atom is 0.0802 e. The number of thioether (sulfide) groups is 1. The van der Waals surface area contributed by atoms with Gasteiger partial charge in [-0.25, -0.2) is 0 Å². The molecular weight excluding hydrogens is 206 g/mol. The van der Waals surface area contributed by atoms with Crippen molar-refractivity contribution in [3.8, 4) is 0 Å². The first kappa shape index (κ1) is 12.6. The molecule has 0 aliphatic carbocycles. The normalized spacial score (nSPS) is 13.1. The first-order valence-electron chi connectivity index (χ1n) is 5.10. The molecule has 0 aliphatic heterocycles. The Kier molecular flexibility index (Phi) is 5.15. The number of benzene rings is 1. The van der Waals surface area contributed by atoms with Crippen LogP contribution in [0.1, 0.15) is 18.1 Å². The first-order chi connectivity index (χ1) is 7.13. The van der Waals surface area contributed by atoms with Crippen molar-refractivity contribution < 1.29 is 5.11 Å². The zero-order valence-electron chi connectivity index (χ0n) is 9.60. The van der Waals surface area contributed by atoms with Crippen LogP contribution in [0, 0.1) is 0 Å². The average molecular weight is 225 g/mol. The van der Waals surface area contributed by atoms with Gasteiger partial charge in [0, 0.05) is 11.4 Å². The van der Waals surface area contributed by atoms with E-state index in [1.54, 1.807) is 11.8 Å². The van der Waals surface area contributed by atoms with E-state index in [9.17, 15) is 5.11 Å². The van der Waals surface area contributed by atoms with E-state index in [1.807, 2.05) is 26.2 Å². The molecule has 3 heteroatoms. The molecule has 1 aromatic carbocycles. The van der Waals surface area contributed by atoms with Crippen molar-refractivity contribution in [3.05, 3.63) is 29.8 Å². The summed E-state index contributed by atoms with van der Waals surface area (Å²) in [6.07, 6.45) is 2.49. The molecule has 1 rings (SSSR count). The maximum absolute atomic E-state index is 9.90. The monoisotopic (exact) mass is 225 g/mol. The van der Waals surface area contributed by atoms with Crippen LogP contribution in [0.15, 0.2) is 29.2 Å². The van der Waals surface area contributed by atoms with Crippen LogP contribution in [-0.4, -0.2) is 36.9 Å². The number of rotatable bonds is 5. The van der Waals surface area contributed by atoms with Crippen LogP contribution in [0.5, 0.6) is 0 Å². The molecule has 0 bridgehead atoms. The highest BCUT2D eigenvalue weighted by molar-refractivity contribution is 7.98. The smallest absolute Gasteiger partial charge is 0.0802 e. The number of hydrogen-bond acceptors (Lipinski definition) is 3. The van der Waals surface area contributed by atoms with Gasteiger partial charge in [-0.2, -0.15) is 0 Å². The Balaban J connectivity index is 2.54. The fraction of sp³-hybridized carbons (Fsp3) is 0.500. The van der Waals surface area contributed by atoms with Crippen LogP contribution in [0.4, 0.5) is 0 Å². The van der Waals surface area contributed by atoms with Crippen LogP contribution >= 0.6 is 11.8 Å². The van der Waals surface area contributed by atoms with Gasteiger partial charge in [0.15, 0.2) is 0 Å². The third-order valence-electron chi connectivity index (χ3n) is 2.35. The standard InChI is InChI=1S/C12H19NOS/c1-13(2)9-8-12(14)10-4-6-11(15-3)7-5-10/h4-7,12,14H,8-9H2,1-3H3. The van der Waals surface area contributed by atoms with Crippen LogP contribution in [0.25, 0.3) is 0 Å². The molecule has 1 aromatic rings. The van der Waals surface area contributed by atoms with Gasteiger partial charge in [0.05, 0.1) is 6.10 Å². The third-order valence-corrected chi connectivity index (χ3v) is 3.09. The Morgan fingerprint density at radius 1 is 1.27 bits per heavy atom. The molecule has 0 heterocycles. The predicted octanol–water partition coefficient (Wildman–Crippen LogP) is 2.39. The van der Waals surface area contributed by atoms with Crippen molar-refractivity contribution in [1.29, 1.82) is 0 Å². The van der Waals surface area contributed by atoms with Crippen LogP contribution < -0.4 is 0 Å². The van der Waals surface area contributed by atoms with Gasteiger partial charge in [-0.3, -0.25) is 0 Å². The van der Waals surface area contributed by atoms with E-state index in [-0.39, 0.29) is 6.10 Å². The second-order valence-electron chi connectivity index (χ2n) is 3.88. The van der Waals surface area contributed by atoms with E-state index in [1.165, 1.54) is 4.90 Å². The lowest BCUT2D eigenvalue weighted by Crippen LogP contribution is -2.15. The minimum atomic E-state index is -0.344. The molecule has 0 spiro atoms. The highest BCUT2D eigenvalue weighted by Gasteiger charge is 2.07. The van der Waals surface area contributed by atoms with E-state index >= 15 is 0 Å². The predicted molar refractivity (Wildman–Crippen MR) is 66.4 cm³/mol. The second-order valence-corrected chi connectivity index (χ2v) is 4.76. The van der Waals surface area contributed by atoms with Gasteiger partial charge >= 0.3 is 0 Å². The summed E-state index contributed by atoms with van der Waals surface area (Å²) in [5, 5.41) is 9.90. The number of hydrogen-bond donors (Lipinski definition) is 1. The largest absolute Gasteiger partial charge is 0.388 e. The molecule has 0 aliphatic rings. The van der Waals surface area contributed by atoms with Crippen molar-refractivity contribution in [2.45, 2.75) is 17.4 Å². The minimum Gasteiger partial charge on any atom is -0.388 e. The van der Waals surface area contributed by atoms with E-state index in [0.717, 1.165) is 18.5 Å². The molecule has 0 aromatic heterocycles. The SMILES string of the molecule is CSc1ccc(C(O)CCN(C)C)cc1. The van der Waals surface area contributed by atoms with Gasteiger partial charge in [0.1, 0.15) is 0 Å². The Bertz CT molecular complexity index is 284. The van der Waals surface area contributed by atoms with Gasteiger partial charge in [0.25, 0.3) is 0 Å². The summed E-state index contributed by atoms with van der Waals surface area (Å²) in [6, 6.07) is 8.12. The van der Waals surface area contributed by atoms with Crippen LogP contribution in [-0.2, 0) is 0 Å². The molecule has 0 saturated heterocycles. The lowest BCUT2D eigenvalue weighted by atomic mass is 10.1. The third kappa shape index (κ3) is 4.24. The molecule has 1 atom stereocenters. The molecule has 15 heavy (non-hydrogen) atoms.